The van der Waals surface area contributed by atoms with E-state index >= 15 is 0 Å². The van der Waals surface area contributed by atoms with Gasteiger partial charge in [0.1, 0.15) is 0 Å². The molecule has 1 heterocycles. The summed E-state index contributed by atoms with van der Waals surface area (Å²) >= 11 is 0. The van der Waals surface area contributed by atoms with Crippen LogP contribution in [-0.4, -0.2) is 25.4 Å². The fourth-order valence-electron chi connectivity index (χ4n) is 4.40. The first-order chi connectivity index (χ1) is 10.8. The molecule has 130 valence electrons. The topological polar surface area (TPSA) is 18.5 Å². The summed E-state index contributed by atoms with van der Waals surface area (Å²) in [6.45, 7) is 6.28. The lowest BCUT2D eigenvalue weighted by molar-refractivity contribution is -0.163. The third-order valence-corrected chi connectivity index (χ3v) is 5.73. The largest absolute Gasteiger partial charge is 0.373 e. The summed E-state index contributed by atoms with van der Waals surface area (Å²) in [6.07, 6.45) is 17.0. The van der Waals surface area contributed by atoms with Crippen molar-refractivity contribution in [2.75, 3.05) is 13.2 Å². The van der Waals surface area contributed by atoms with Gasteiger partial charge >= 0.3 is 0 Å². The van der Waals surface area contributed by atoms with Gasteiger partial charge in [0.05, 0.1) is 25.4 Å². The molecule has 1 aliphatic heterocycles. The molecule has 0 spiro atoms. The molecule has 4 atom stereocenters. The van der Waals surface area contributed by atoms with E-state index in [9.17, 15) is 0 Å². The van der Waals surface area contributed by atoms with Crippen LogP contribution in [0.3, 0.4) is 0 Å². The first-order valence-electron chi connectivity index (χ1n) is 10.1. The molecule has 2 rings (SSSR count). The molecule has 0 bridgehead atoms. The second-order valence-electron chi connectivity index (χ2n) is 7.53. The quantitative estimate of drug-likeness (QED) is 0.506. The van der Waals surface area contributed by atoms with E-state index in [2.05, 4.69) is 13.8 Å². The Kier molecular flexibility index (Phi) is 8.84. The molecule has 22 heavy (non-hydrogen) atoms. The molecule has 1 saturated carbocycles. The van der Waals surface area contributed by atoms with E-state index in [-0.39, 0.29) is 0 Å². The summed E-state index contributed by atoms with van der Waals surface area (Å²) in [5.74, 6) is 1.65. The fourth-order valence-corrected chi connectivity index (χ4v) is 4.40. The van der Waals surface area contributed by atoms with Crippen LogP contribution in [-0.2, 0) is 9.47 Å². The first-order valence-corrected chi connectivity index (χ1v) is 10.1. The maximum Gasteiger partial charge on any atom is 0.0840 e. The lowest BCUT2D eigenvalue weighted by Crippen LogP contribution is -2.43. The van der Waals surface area contributed by atoms with Gasteiger partial charge in [-0.2, -0.15) is 0 Å². The summed E-state index contributed by atoms with van der Waals surface area (Å²) < 4.78 is 12.4. The normalized spacial score (nSPS) is 33.0. The van der Waals surface area contributed by atoms with E-state index in [4.69, 9.17) is 9.47 Å². The van der Waals surface area contributed by atoms with Crippen LogP contribution in [0.5, 0.6) is 0 Å². The van der Waals surface area contributed by atoms with Gasteiger partial charge < -0.3 is 9.47 Å². The highest BCUT2D eigenvalue weighted by molar-refractivity contribution is 4.83. The molecule has 2 fully saturated rings. The predicted molar refractivity (Wildman–Crippen MR) is 93.2 cm³/mol. The molecule has 1 aliphatic carbocycles. The van der Waals surface area contributed by atoms with Gasteiger partial charge in [0, 0.05) is 0 Å². The molecule has 1 saturated heterocycles. The van der Waals surface area contributed by atoms with Gasteiger partial charge in [0.25, 0.3) is 0 Å². The molecule has 0 aromatic heterocycles. The van der Waals surface area contributed by atoms with Crippen molar-refractivity contribution >= 4 is 0 Å². The number of ether oxygens (including phenoxy) is 2. The van der Waals surface area contributed by atoms with Crippen LogP contribution in [0.4, 0.5) is 0 Å². The van der Waals surface area contributed by atoms with Crippen molar-refractivity contribution in [1.82, 2.24) is 0 Å². The van der Waals surface area contributed by atoms with E-state index in [0.29, 0.717) is 12.2 Å². The van der Waals surface area contributed by atoms with Gasteiger partial charge in [0.2, 0.25) is 0 Å². The maximum absolute atomic E-state index is 6.26. The van der Waals surface area contributed by atoms with E-state index in [1.165, 1.54) is 77.0 Å². The molecule has 2 aliphatic rings. The van der Waals surface area contributed by atoms with E-state index in [0.717, 1.165) is 25.0 Å². The molecule has 0 amide bonds. The lowest BCUT2D eigenvalue weighted by Gasteiger charge is -2.40. The Bertz CT molecular complexity index is 269. The van der Waals surface area contributed by atoms with Crippen LogP contribution in [0.15, 0.2) is 0 Å². The Morgan fingerprint density at radius 1 is 0.773 bits per heavy atom. The number of rotatable bonds is 9. The van der Waals surface area contributed by atoms with Gasteiger partial charge in [-0.3, -0.25) is 0 Å². The molecule has 2 nitrogen and oxygen atoms in total. The second kappa shape index (κ2) is 10.6. The molecule has 0 N–H and O–H groups in total. The van der Waals surface area contributed by atoms with Crippen LogP contribution in [0.2, 0.25) is 0 Å². The number of hydrogen-bond acceptors (Lipinski definition) is 2. The van der Waals surface area contributed by atoms with Gasteiger partial charge in [-0.1, -0.05) is 78.1 Å². The average molecular weight is 311 g/mol. The Morgan fingerprint density at radius 3 is 2.32 bits per heavy atom. The van der Waals surface area contributed by atoms with Crippen LogP contribution >= 0.6 is 0 Å². The molecule has 0 aromatic rings. The minimum atomic E-state index is 0.367. The molecule has 0 radical (unpaired) electrons. The summed E-state index contributed by atoms with van der Waals surface area (Å²) in [6, 6.07) is 0. The lowest BCUT2D eigenvalue weighted by atomic mass is 9.74. The highest BCUT2D eigenvalue weighted by Gasteiger charge is 2.34. The van der Waals surface area contributed by atoms with Gasteiger partial charge in [-0.15, -0.1) is 0 Å². The summed E-state index contributed by atoms with van der Waals surface area (Å²) in [5, 5.41) is 0. The van der Waals surface area contributed by atoms with E-state index in [1.807, 2.05) is 0 Å². The number of hydrogen-bond donors (Lipinski definition) is 0. The predicted octanol–water partition coefficient (Wildman–Crippen LogP) is 5.74. The molecule has 4 unspecified atom stereocenters. The van der Waals surface area contributed by atoms with Crippen molar-refractivity contribution < 1.29 is 9.47 Å². The Morgan fingerprint density at radius 2 is 1.59 bits per heavy atom. The summed E-state index contributed by atoms with van der Waals surface area (Å²) in [5.41, 5.74) is 0. The van der Waals surface area contributed by atoms with Crippen LogP contribution in [0.25, 0.3) is 0 Å². The highest BCUT2D eigenvalue weighted by Crippen LogP contribution is 2.37. The van der Waals surface area contributed by atoms with Crippen molar-refractivity contribution in [3.63, 3.8) is 0 Å². The standard InChI is InChI=1S/C20H38O2/c1-3-5-6-7-8-13-18-15-22-20(16-21-18)19-14-10-9-12-17(19)11-4-2/h17-20H,3-16H2,1-2H3. The van der Waals surface area contributed by atoms with Crippen LogP contribution in [0.1, 0.15) is 90.9 Å². The fraction of sp³-hybridized carbons (Fsp3) is 1.00. The van der Waals surface area contributed by atoms with Crippen molar-refractivity contribution in [2.24, 2.45) is 11.8 Å². The van der Waals surface area contributed by atoms with Crippen molar-refractivity contribution in [3.8, 4) is 0 Å². The summed E-state index contributed by atoms with van der Waals surface area (Å²) in [7, 11) is 0. The van der Waals surface area contributed by atoms with Gasteiger partial charge in [0.15, 0.2) is 0 Å². The van der Waals surface area contributed by atoms with Gasteiger partial charge in [-0.05, 0) is 24.7 Å². The first kappa shape index (κ1) is 18.3. The molecular formula is C20H38O2. The van der Waals surface area contributed by atoms with Crippen LogP contribution in [0, 0.1) is 11.8 Å². The minimum Gasteiger partial charge on any atom is -0.373 e. The zero-order valence-corrected chi connectivity index (χ0v) is 15.0. The zero-order chi connectivity index (χ0) is 15.6. The monoisotopic (exact) mass is 310 g/mol. The average Bonchev–Trinajstić information content (AvgIpc) is 2.56. The zero-order valence-electron chi connectivity index (χ0n) is 15.0. The Balaban J connectivity index is 1.65. The third kappa shape index (κ3) is 5.85. The Hall–Kier alpha value is -0.0800. The molecule has 2 heteroatoms. The Labute approximate surface area is 138 Å². The smallest absolute Gasteiger partial charge is 0.0840 e. The highest BCUT2D eigenvalue weighted by atomic mass is 16.6. The van der Waals surface area contributed by atoms with Gasteiger partial charge in [-0.25, -0.2) is 0 Å². The molecular weight excluding hydrogens is 272 g/mol. The third-order valence-electron chi connectivity index (χ3n) is 5.73. The molecule has 0 aromatic carbocycles. The van der Waals surface area contributed by atoms with Crippen molar-refractivity contribution in [2.45, 2.75) is 103 Å². The van der Waals surface area contributed by atoms with E-state index < -0.39 is 0 Å². The second-order valence-corrected chi connectivity index (χ2v) is 7.53. The maximum atomic E-state index is 6.26. The number of unbranched alkanes of at least 4 members (excludes halogenated alkanes) is 4. The van der Waals surface area contributed by atoms with Crippen molar-refractivity contribution in [1.29, 1.82) is 0 Å². The minimum absolute atomic E-state index is 0.367. The van der Waals surface area contributed by atoms with E-state index in [1.54, 1.807) is 0 Å². The van der Waals surface area contributed by atoms with Crippen LogP contribution < -0.4 is 0 Å². The van der Waals surface area contributed by atoms with Crippen molar-refractivity contribution in [3.05, 3.63) is 0 Å². The SMILES string of the molecule is CCCCCCCC1COC(C2CCCCC2CCC)CO1. The summed E-state index contributed by atoms with van der Waals surface area (Å²) in [4.78, 5) is 0.